The second-order valence-electron chi connectivity index (χ2n) is 5.15. The van der Waals surface area contributed by atoms with Crippen LogP contribution in [0.2, 0.25) is 0 Å². The fourth-order valence-corrected chi connectivity index (χ4v) is 3.04. The van der Waals surface area contributed by atoms with Gasteiger partial charge in [-0.1, -0.05) is 6.07 Å². The zero-order chi connectivity index (χ0) is 12.7. The number of hydrazine groups is 1. The van der Waals surface area contributed by atoms with Crippen LogP contribution in [0.4, 0.5) is 10.1 Å². The number of nitrogens with one attached hydrogen (secondary N) is 1. The normalized spacial score (nSPS) is 30.9. The molecule has 2 aliphatic heterocycles. The number of benzene rings is 1. The number of hydrogen-bond donors (Lipinski definition) is 2. The molecule has 2 bridgehead atoms. The van der Waals surface area contributed by atoms with Crippen molar-refractivity contribution < 1.29 is 9.13 Å². The van der Waals surface area contributed by atoms with Gasteiger partial charge in [-0.2, -0.15) is 0 Å². The zero-order valence-corrected chi connectivity index (χ0v) is 10.4. The van der Waals surface area contributed by atoms with Crippen molar-refractivity contribution >= 4 is 5.69 Å². The number of hydrogen-bond acceptors (Lipinski definition) is 4. The van der Waals surface area contributed by atoms with Gasteiger partial charge in [0.1, 0.15) is 5.82 Å². The largest absolute Gasteiger partial charge is 0.372 e. The summed E-state index contributed by atoms with van der Waals surface area (Å²) in [5.41, 5.74) is 3.76. The molecule has 4 nitrogen and oxygen atoms in total. The molecule has 2 heterocycles. The maximum Gasteiger partial charge on any atom is 0.129 e. The van der Waals surface area contributed by atoms with Gasteiger partial charge in [0, 0.05) is 24.7 Å². The first kappa shape index (κ1) is 11.9. The molecule has 2 fully saturated rings. The van der Waals surface area contributed by atoms with E-state index in [4.69, 9.17) is 10.6 Å². The van der Waals surface area contributed by atoms with E-state index in [2.05, 4.69) is 17.2 Å². The minimum absolute atomic E-state index is 0.207. The van der Waals surface area contributed by atoms with Gasteiger partial charge in [-0.15, -0.1) is 0 Å². The zero-order valence-electron chi connectivity index (χ0n) is 10.4. The van der Waals surface area contributed by atoms with Crippen LogP contribution in [0.25, 0.3) is 0 Å². The van der Waals surface area contributed by atoms with Crippen LogP contribution in [0.1, 0.15) is 18.9 Å². The molecule has 98 valence electrons. The molecule has 2 saturated heterocycles. The molecule has 0 aromatic heterocycles. The monoisotopic (exact) mass is 251 g/mol. The van der Waals surface area contributed by atoms with Gasteiger partial charge in [-0.05, 0) is 25.5 Å². The lowest BCUT2D eigenvalue weighted by atomic mass is 10.1. The second kappa shape index (κ2) is 4.50. The van der Waals surface area contributed by atoms with E-state index in [1.807, 2.05) is 0 Å². The lowest BCUT2D eigenvalue weighted by Crippen LogP contribution is -2.41. The highest BCUT2D eigenvalue weighted by Crippen LogP contribution is 2.34. The second-order valence-corrected chi connectivity index (χ2v) is 5.15. The Morgan fingerprint density at radius 1 is 1.56 bits per heavy atom. The molecule has 0 radical (unpaired) electrons. The van der Waals surface area contributed by atoms with Crippen LogP contribution in [0, 0.1) is 5.82 Å². The van der Waals surface area contributed by atoms with Crippen LogP contribution < -0.4 is 11.3 Å². The summed E-state index contributed by atoms with van der Waals surface area (Å²) >= 11 is 0. The van der Waals surface area contributed by atoms with Gasteiger partial charge < -0.3 is 10.2 Å². The molecule has 0 saturated carbocycles. The Morgan fingerprint density at radius 3 is 3.00 bits per heavy atom. The van der Waals surface area contributed by atoms with E-state index in [-0.39, 0.29) is 11.9 Å². The van der Waals surface area contributed by atoms with Gasteiger partial charge in [0.05, 0.1) is 17.9 Å². The van der Waals surface area contributed by atoms with Gasteiger partial charge in [0.15, 0.2) is 0 Å². The fraction of sp³-hybridized carbons (Fsp3) is 0.538. The third-order valence-corrected chi connectivity index (χ3v) is 3.95. The minimum atomic E-state index is -0.207. The molecule has 1 aromatic carbocycles. The van der Waals surface area contributed by atoms with Crippen molar-refractivity contribution in [2.24, 2.45) is 5.84 Å². The standard InChI is InChI=1S/C13H18FN3O/c1-8-13-5-11(18-8)7-17(13)6-9-2-3-10(16-15)4-12(9)14/h2-4,8,11,13,16H,5-7,15H2,1H3. The van der Waals surface area contributed by atoms with E-state index >= 15 is 0 Å². The Kier molecular flexibility index (Phi) is 2.97. The summed E-state index contributed by atoms with van der Waals surface area (Å²) in [5, 5.41) is 0. The Morgan fingerprint density at radius 2 is 2.39 bits per heavy atom. The predicted molar refractivity (Wildman–Crippen MR) is 67.4 cm³/mol. The van der Waals surface area contributed by atoms with E-state index in [1.165, 1.54) is 6.07 Å². The van der Waals surface area contributed by atoms with Gasteiger partial charge >= 0.3 is 0 Å². The van der Waals surface area contributed by atoms with Crippen molar-refractivity contribution in [3.05, 3.63) is 29.6 Å². The average molecular weight is 251 g/mol. The lowest BCUT2D eigenvalue weighted by molar-refractivity contribution is -0.0268. The Hall–Kier alpha value is -1.17. The number of nitrogens with zero attached hydrogens (tertiary/aromatic N) is 1. The van der Waals surface area contributed by atoms with Crippen LogP contribution in [-0.4, -0.2) is 29.7 Å². The van der Waals surface area contributed by atoms with Crippen molar-refractivity contribution in [3.8, 4) is 0 Å². The van der Waals surface area contributed by atoms with Gasteiger partial charge in [-0.3, -0.25) is 10.7 Å². The SMILES string of the molecule is CC1OC2CC1N(Cc1ccc(NN)cc1F)C2. The lowest BCUT2D eigenvalue weighted by Gasteiger charge is -2.31. The van der Waals surface area contributed by atoms with Crippen molar-refractivity contribution in [3.63, 3.8) is 0 Å². The third kappa shape index (κ3) is 1.98. The highest BCUT2D eigenvalue weighted by Gasteiger charge is 2.43. The van der Waals surface area contributed by atoms with E-state index in [9.17, 15) is 4.39 Å². The molecule has 3 unspecified atom stereocenters. The summed E-state index contributed by atoms with van der Waals surface area (Å²) < 4.78 is 19.6. The molecule has 3 N–H and O–H groups in total. The fourth-order valence-electron chi connectivity index (χ4n) is 3.04. The number of anilines is 1. The number of likely N-dealkylation sites (tertiary alicyclic amines) is 1. The summed E-state index contributed by atoms with van der Waals surface area (Å²) in [6.45, 7) is 3.64. The Balaban J connectivity index is 1.73. The average Bonchev–Trinajstić information content (AvgIpc) is 2.90. The van der Waals surface area contributed by atoms with Crippen molar-refractivity contribution in [2.45, 2.75) is 38.1 Å². The van der Waals surface area contributed by atoms with Crippen LogP contribution in [-0.2, 0) is 11.3 Å². The molecule has 18 heavy (non-hydrogen) atoms. The molecule has 3 atom stereocenters. The topological polar surface area (TPSA) is 50.5 Å². The Labute approximate surface area is 106 Å². The Bertz CT molecular complexity index is 454. The number of ether oxygens (including phenoxy) is 1. The highest BCUT2D eigenvalue weighted by atomic mass is 19.1. The van der Waals surface area contributed by atoms with Crippen LogP contribution >= 0.6 is 0 Å². The van der Waals surface area contributed by atoms with E-state index < -0.39 is 0 Å². The smallest absolute Gasteiger partial charge is 0.129 e. The summed E-state index contributed by atoms with van der Waals surface area (Å²) in [5.74, 6) is 5.05. The van der Waals surface area contributed by atoms with Crippen LogP contribution in [0.15, 0.2) is 18.2 Å². The first-order chi connectivity index (χ1) is 8.67. The maximum absolute atomic E-state index is 13.9. The number of nitrogens with two attached hydrogens (primary N) is 1. The summed E-state index contributed by atoms with van der Waals surface area (Å²) in [6, 6.07) is 5.46. The van der Waals surface area contributed by atoms with Crippen LogP contribution in [0.3, 0.4) is 0 Å². The molecule has 0 aliphatic carbocycles. The number of fused-ring (bicyclic) bond motifs is 2. The molecule has 3 rings (SSSR count). The number of rotatable bonds is 3. The number of morpholine rings is 1. The van der Waals surface area contributed by atoms with Crippen molar-refractivity contribution in [2.75, 3.05) is 12.0 Å². The molecule has 2 aliphatic rings. The van der Waals surface area contributed by atoms with Gasteiger partial charge in [-0.25, -0.2) is 4.39 Å². The van der Waals surface area contributed by atoms with Gasteiger partial charge in [0.2, 0.25) is 0 Å². The van der Waals surface area contributed by atoms with Crippen LogP contribution in [0.5, 0.6) is 0 Å². The number of nitrogen functional groups attached to an aromatic ring is 1. The maximum atomic E-state index is 13.9. The molecule has 0 spiro atoms. The molecular weight excluding hydrogens is 233 g/mol. The minimum Gasteiger partial charge on any atom is -0.372 e. The summed E-state index contributed by atoms with van der Waals surface area (Å²) in [7, 11) is 0. The third-order valence-electron chi connectivity index (χ3n) is 3.95. The molecule has 0 amide bonds. The van der Waals surface area contributed by atoms with Crippen molar-refractivity contribution in [1.29, 1.82) is 0 Å². The molecule has 5 heteroatoms. The van der Waals surface area contributed by atoms with Crippen molar-refractivity contribution in [1.82, 2.24) is 4.90 Å². The first-order valence-corrected chi connectivity index (χ1v) is 6.32. The molecule has 1 aromatic rings. The quantitative estimate of drug-likeness (QED) is 0.631. The van der Waals surface area contributed by atoms with E-state index in [1.54, 1.807) is 12.1 Å². The van der Waals surface area contributed by atoms with E-state index in [0.717, 1.165) is 13.0 Å². The molecular formula is C13H18FN3O. The number of halogens is 1. The van der Waals surface area contributed by atoms with E-state index in [0.29, 0.717) is 29.9 Å². The van der Waals surface area contributed by atoms with Gasteiger partial charge in [0.25, 0.3) is 0 Å². The predicted octanol–water partition coefficient (Wildman–Crippen LogP) is 1.47. The summed E-state index contributed by atoms with van der Waals surface area (Å²) in [4.78, 5) is 2.31. The highest BCUT2D eigenvalue weighted by molar-refractivity contribution is 5.44. The summed E-state index contributed by atoms with van der Waals surface area (Å²) in [6.07, 6.45) is 1.67. The first-order valence-electron chi connectivity index (χ1n) is 6.32.